The molecule has 0 bridgehead atoms. The van der Waals surface area contributed by atoms with Gasteiger partial charge in [-0.2, -0.15) is 0 Å². The Kier molecular flexibility index (Phi) is 23.8. The Morgan fingerprint density at radius 2 is 0.727 bits per heavy atom. The van der Waals surface area contributed by atoms with E-state index in [-0.39, 0.29) is 0 Å². The summed E-state index contributed by atoms with van der Waals surface area (Å²) in [5.41, 5.74) is 0. The maximum absolute atomic E-state index is 2.52. The van der Waals surface area contributed by atoms with Crippen LogP contribution in [0.5, 0.6) is 0 Å². The van der Waals surface area contributed by atoms with Crippen molar-refractivity contribution in [3.8, 4) is 0 Å². The third-order valence-corrected chi connectivity index (χ3v) is 25.3. The Hall–Kier alpha value is 0.799. The number of hydrogen-bond acceptors (Lipinski definition) is 0. The molecule has 3 unspecified atom stereocenters. The van der Waals surface area contributed by atoms with Gasteiger partial charge in [-0.1, -0.05) is 0 Å². The average molecular weight is 572 g/mol. The summed E-state index contributed by atoms with van der Waals surface area (Å²) in [5.74, 6) is 3.15. The van der Waals surface area contributed by atoms with E-state index in [4.69, 9.17) is 0 Å². The van der Waals surface area contributed by atoms with Crippen molar-refractivity contribution < 1.29 is 0 Å². The van der Waals surface area contributed by atoms with Gasteiger partial charge >= 0.3 is 218 Å². The second kappa shape index (κ2) is 23.2. The summed E-state index contributed by atoms with van der Waals surface area (Å²) in [4.78, 5) is 0. The summed E-state index contributed by atoms with van der Waals surface area (Å²) < 4.78 is 6.96. The van der Waals surface area contributed by atoms with Gasteiger partial charge in [0.25, 0.3) is 0 Å². The Bertz CT molecular complexity index is 344. The second-order valence-corrected chi connectivity index (χ2v) is 25.4. The van der Waals surface area contributed by atoms with Crippen molar-refractivity contribution in [1.29, 1.82) is 0 Å². The molecule has 0 heterocycles. The van der Waals surface area contributed by atoms with Gasteiger partial charge in [0.05, 0.1) is 0 Å². The zero-order valence-electron chi connectivity index (χ0n) is 24.8. The first-order valence-electron chi connectivity index (χ1n) is 16.0. The summed E-state index contributed by atoms with van der Waals surface area (Å²) in [6.45, 7) is 17.1. The van der Waals surface area contributed by atoms with Crippen LogP contribution in [0.1, 0.15) is 164 Å². The molecule has 33 heavy (non-hydrogen) atoms. The summed E-state index contributed by atoms with van der Waals surface area (Å²) in [6, 6.07) is 0. The number of hydrogen-bond donors (Lipinski definition) is 0. The van der Waals surface area contributed by atoms with E-state index < -0.39 is 18.4 Å². The van der Waals surface area contributed by atoms with Gasteiger partial charge in [-0.05, 0) is 0 Å². The molecule has 0 aromatic carbocycles. The molecule has 0 fully saturated rings. The Morgan fingerprint density at radius 3 is 1.06 bits per heavy atom. The quantitative estimate of drug-likeness (QED) is 0.0755. The van der Waals surface area contributed by atoms with E-state index in [1.807, 2.05) is 0 Å². The monoisotopic (exact) mass is 572 g/mol. The topological polar surface area (TPSA) is 0 Å². The molecule has 200 valence electrons. The molecule has 0 nitrogen and oxygen atoms in total. The van der Waals surface area contributed by atoms with E-state index in [2.05, 4.69) is 48.5 Å². The molecule has 0 amide bonds. The van der Waals surface area contributed by atoms with Crippen LogP contribution in [0.2, 0.25) is 17.7 Å². The summed E-state index contributed by atoms with van der Waals surface area (Å²) >= 11 is -2.23. The molecule has 0 saturated carbocycles. The molecule has 0 N–H and O–H groups in total. The van der Waals surface area contributed by atoms with Gasteiger partial charge in [0, 0.05) is 0 Å². The Labute approximate surface area is 217 Å². The predicted octanol–water partition coefficient (Wildman–Crippen LogP) is 12.4. The third kappa shape index (κ3) is 17.0. The van der Waals surface area contributed by atoms with E-state index in [1.165, 1.54) is 109 Å². The van der Waals surface area contributed by atoms with E-state index >= 15 is 0 Å². The number of unbranched alkanes of at least 4 members (excludes halogenated alkanes) is 8. The average Bonchev–Trinajstić information content (AvgIpc) is 2.84. The first-order valence-corrected chi connectivity index (χ1v) is 24.1. The van der Waals surface area contributed by atoms with Crippen molar-refractivity contribution in [3.05, 3.63) is 0 Å². The molecule has 0 aliphatic heterocycles. The maximum atomic E-state index is 2.52. The van der Waals surface area contributed by atoms with E-state index in [1.54, 1.807) is 24.2 Å². The number of rotatable bonds is 25. The summed E-state index contributed by atoms with van der Waals surface area (Å²) in [7, 11) is 0. The van der Waals surface area contributed by atoms with Crippen LogP contribution in [0.25, 0.3) is 0 Å². The van der Waals surface area contributed by atoms with E-state index in [0.717, 1.165) is 17.8 Å². The van der Waals surface area contributed by atoms with Gasteiger partial charge in [0.1, 0.15) is 0 Å². The molecule has 1 heteroatoms. The molecular formula is C32H68Sn. The van der Waals surface area contributed by atoms with Crippen molar-refractivity contribution >= 4 is 18.4 Å². The fraction of sp³-hybridized carbons (Fsp3) is 1.00. The van der Waals surface area contributed by atoms with Gasteiger partial charge in [-0.15, -0.1) is 0 Å². The molecule has 0 aromatic rings. The van der Waals surface area contributed by atoms with Crippen LogP contribution in [0.15, 0.2) is 0 Å². The van der Waals surface area contributed by atoms with Crippen LogP contribution in [0.3, 0.4) is 0 Å². The first kappa shape index (κ1) is 33.8. The van der Waals surface area contributed by atoms with Crippen LogP contribution in [0, 0.1) is 17.8 Å². The SMILES string of the molecule is CCCCCCC[CH2][Sn]([CH2]C(CC)CCCC)([CH2]C(CC)CCCC)[CH2]C(CC)CCCC. The van der Waals surface area contributed by atoms with Crippen LogP contribution in [-0.2, 0) is 0 Å². The van der Waals surface area contributed by atoms with E-state index in [0.29, 0.717) is 0 Å². The summed E-state index contributed by atoms with van der Waals surface area (Å²) in [6.07, 6.45) is 26.4. The van der Waals surface area contributed by atoms with Crippen molar-refractivity contribution in [2.75, 3.05) is 0 Å². The molecular weight excluding hydrogens is 503 g/mol. The second-order valence-electron chi connectivity index (χ2n) is 11.9. The van der Waals surface area contributed by atoms with Crippen molar-refractivity contribution in [2.45, 2.75) is 182 Å². The predicted molar refractivity (Wildman–Crippen MR) is 158 cm³/mol. The minimum absolute atomic E-state index is 1.05. The molecule has 3 atom stereocenters. The first-order chi connectivity index (χ1) is 16.0. The minimum atomic E-state index is -2.23. The van der Waals surface area contributed by atoms with Gasteiger partial charge in [-0.3, -0.25) is 0 Å². The zero-order chi connectivity index (χ0) is 24.8. The Balaban J connectivity index is 5.67. The van der Waals surface area contributed by atoms with Crippen LogP contribution in [-0.4, -0.2) is 18.4 Å². The standard InChI is InChI=1S/4C8H17.Sn/c3*1-4-6-7-8(3)5-2;1-3-5-7-8-6-4-2;/h3*8H,3-7H2,1-2H3;1,3-8H2,2H3;. The Morgan fingerprint density at radius 1 is 0.394 bits per heavy atom. The molecule has 0 spiro atoms. The van der Waals surface area contributed by atoms with Crippen molar-refractivity contribution in [2.24, 2.45) is 17.8 Å². The molecule has 0 aliphatic rings. The van der Waals surface area contributed by atoms with Crippen LogP contribution < -0.4 is 0 Å². The molecule has 0 radical (unpaired) electrons. The van der Waals surface area contributed by atoms with Crippen molar-refractivity contribution in [1.82, 2.24) is 0 Å². The molecule has 0 saturated heterocycles. The van der Waals surface area contributed by atoms with Crippen LogP contribution in [0.4, 0.5) is 0 Å². The zero-order valence-corrected chi connectivity index (χ0v) is 27.6. The van der Waals surface area contributed by atoms with Gasteiger partial charge in [-0.25, -0.2) is 0 Å². The van der Waals surface area contributed by atoms with Gasteiger partial charge < -0.3 is 0 Å². The molecule has 0 rings (SSSR count). The molecule has 0 aliphatic carbocycles. The van der Waals surface area contributed by atoms with Gasteiger partial charge in [0.15, 0.2) is 0 Å². The fourth-order valence-corrected chi connectivity index (χ4v) is 27.2. The fourth-order valence-electron chi connectivity index (χ4n) is 6.50. The van der Waals surface area contributed by atoms with Gasteiger partial charge in [0.2, 0.25) is 0 Å². The van der Waals surface area contributed by atoms with Crippen molar-refractivity contribution in [3.63, 3.8) is 0 Å². The third-order valence-electron chi connectivity index (χ3n) is 8.86. The van der Waals surface area contributed by atoms with E-state index in [9.17, 15) is 0 Å². The van der Waals surface area contributed by atoms with Crippen LogP contribution >= 0.6 is 0 Å². The molecule has 0 aromatic heterocycles. The summed E-state index contributed by atoms with van der Waals surface area (Å²) in [5, 5.41) is 0. The normalized spacial score (nSPS) is 16.5.